The molecule has 2 fully saturated rings. The fourth-order valence-electron chi connectivity index (χ4n) is 3.36. The van der Waals surface area contributed by atoms with Crippen LogP contribution in [0.2, 0.25) is 0 Å². The molecule has 0 aliphatic carbocycles. The second-order valence-electron chi connectivity index (χ2n) is 7.13. The number of carbonyl (C=O) groups is 5. The molecule has 0 aromatic heterocycles. The Balaban J connectivity index is 1.85. The molecule has 0 aromatic rings. The van der Waals surface area contributed by atoms with Gasteiger partial charge in [0, 0.05) is 18.1 Å². The second-order valence-corrected chi connectivity index (χ2v) is 8.90. The summed E-state index contributed by atoms with van der Waals surface area (Å²) >= 11 is 1.33. The molecule has 0 spiro atoms. The lowest BCUT2D eigenvalue weighted by atomic mass is 9.96. The number of hydrogen-bond donors (Lipinski definition) is 4. The lowest BCUT2D eigenvalue weighted by Crippen LogP contribution is -2.70. The zero-order chi connectivity index (χ0) is 20.5. The van der Waals surface area contributed by atoms with Gasteiger partial charge in [0.25, 0.3) is 0 Å². The van der Waals surface area contributed by atoms with Gasteiger partial charge < -0.3 is 25.7 Å². The average Bonchev–Trinajstić information content (AvgIpc) is 2.79. The first-order valence-corrected chi connectivity index (χ1v) is 9.35. The van der Waals surface area contributed by atoms with Gasteiger partial charge >= 0.3 is 11.9 Å². The Morgan fingerprint density at radius 2 is 1.89 bits per heavy atom. The molecule has 2 rings (SSSR count). The molecule has 4 N–H and O–H groups in total. The van der Waals surface area contributed by atoms with E-state index in [9.17, 15) is 29.1 Å². The van der Waals surface area contributed by atoms with Crippen molar-refractivity contribution in [1.82, 2.24) is 15.5 Å². The molecule has 10 nitrogen and oxygen atoms in total. The molecule has 3 amide bonds. The van der Waals surface area contributed by atoms with Crippen LogP contribution in [0.4, 0.5) is 0 Å². The van der Waals surface area contributed by atoms with Crippen LogP contribution in [-0.2, 0) is 24.0 Å². The molecule has 0 bridgehead atoms. The lowest BCUT2D eigenvalue weighted by Gasteiger charge is -2.43. The number of carboxylic acids is 2. The molecule has 2 saturated heterocycles. The monoisotopic (exact) mass is 401 g/mol. The average molecular weight is 401 g/mol. The van der Waals surface area contributed by atoms with E-state index in [4.69, 9.17) is 5.11 Å². The van der Waals surface area contributed by atoms with Gasteiger partial charge in [-0.1, -0.05) is 0 Å². The maximum Gasteiger partial charge on any atom is 0.327 e. The number of nitrogens with one attached hydrogen (secondary N) is 2. The van der Waals surface area contributed by atoms with Crippen LogP contribution in [-0.4, -0.2) is 73.0 Å². The van der Waals surface area contributed by atoms with E-state index in [1.165, 1.54) is 23.6 Å². The predicted octanol–water partition coefficient (Wildman–Crippen LogP) is -0.622. The highest BCUT2D eigenvalue weighted by atomic mass is 32.2. The maximum absolute atomic E-state index is 12.3. The predicted molar refractivity (Wildman–Crippen MR) is 94.8 cm³/mol. The van der Waals surface area contributed by atoms with Crippen molar-refractivity contribution in [2.24, 2.45) is 0 Å². The number of carboxylic acid groups (broad SMARTS) is 2. The molecule has 2 aliphatic rings. The Labute approximate surface area is 160 Å². The van der Waals surface area contributed by atoms with Crippen LogP contribution in [0.5, 0.6) is 0 Å². The van der Waals surface area contributed by atoms with Crippen molar-refractivity contribution in [3.63, 3.8) is 0 Å². The number of thioether (sulfide) groups is 1. The number of hydrogen-bond acceptors (Lipinski definition) is 6. The molecule has 0 saturated carbocycles. The summed E-state index contributed by atoms with van der Waals surface area (Å²) in [6.45, 7) is 4.70. The van der Waals surface area contributed by atoms with E-state index < -0.39 is 57.9 Å². The Bertz CT molecular complexity index is 681. The van der Waals surface area contributed by atoms with Crippen molar-refractivity contribution in [3.05, 3.63) is 0 Å². The van der Waals surface area contributed by atoms with Gasteiger partial charge in [0.05, 0.1) is 0 Å². The molecule has 0 unspecified atom stereocenters. The van der Waals surface area contributed by atoms with Gasteiger partial charge in [0.2, 0.25) is 17.7 Å². The summed E-state index contributed by atoms with van der Waals surface area (Å²) < 4.78 is -0.668. The van der Waals surface area contributed by atoms with Crippen LogP contribution in [0.15, 0.2) is 0 Å². The third kappa shape index (κ3) is 4.34. The van der Waals surface area contributed by atoms with Gasteiger partial charge in [-0.2, -0.15) is 0 Å². The highest BCUT2D eigenvalue weighted by Gasteiger charge is 2.64. The molecule has 0 aromatic carbocycles. The molecule has 2 heterocycles. The highest BCUT2D eigenvalue weighted by molar-refractivity contribution is 8.01. The van der Waals surface area contributed by atoms with Crippen molar-refractivity contribution in [3.8, 4) is 0 Å². The largest absolute Gasteiger partial charge is 0.480 e. The minimum Gasteiger partial charge on any atom is -0.480 e. The normalized spacial score (nSPS) is 26.6. The van der Waals surface area contributed by atoms with E-state index >= 15 is 0 Å². The summed E-state index contributed by atoms with van der Waals surface area (Å²) in [4.78, 5) is 59.1. The molecule has 27 heavy (non-hydrogen) atoms. The van der Waals surface area contributed by atoms with Crippen molar-refractivity contribution >= 4 is 41.4 Å². The first kappa shape index (κ1) is 21.0. The highest BCUT2D eigenvalue weighted by Crippen LogP contribution is 2.50. The lowest BCUT2D eigenvalue weighted by molar-refractivity contribution is -0.161. The van der Waals surface area contributed by atoms with E-state index in [0.29, 0.717) is 0 Å². The molecule has 2 aliphatic heterocycles. The summed E-state index contributed by atoms with van der Waals surface area (Å²) in [5.41, 5.74) is 0. The number of fused-ring (bicyclic) bond motifs is 1. The van der Waals surface area contributed by atoms with Gasteiger partial charge in [0.1, 0.15) is 23.5 Å². The topological polar surface area (TPSA) is 153 Å². The maximum atomic E-state index is 12.3. The van der Waals surface area contributed by atoms with E-state index in [1.807, 2.05) is 0 Å². The van der Waals surface area contributed by atoms with Gasteiger partial charge in [-0.3, -0.25) is 14.4 Å². The van der Waals surface area contributed by atoms with Crippen LogP contribution in [0, 0.1) is 0 Å². The van der Waals surface area contributed by atoms with E-state index in [1.54, 1.807) is 13.8 Å². The van der Waals surface area contributed by atoms with Crippen LogP contribution in [0.3, 0.4) is 0 Å². The van der Waals surface area contributed by atoms with Gasteiger partial charge in [0.15, 0.2) is 0 Å². The number of carbonyl (C=O) groups excluding carboxylic acids is 3. The minimum absolute atomic E-state index is 0.00369. The molecule has 11 heteroatoms. The van der Waals surface area contributed by atoms with E-state index in [-0.39, 0.29) is 19.3 Å². The van der Waals surface area contributed by atoms with Crippen molar-refractivity contribution in [1.29, 1.82) is 0 Å². The Morgan fingerprint density at radius 1 is 1.26 bits per heavy atom. The third-order valence-electron chi connectivity index (χ3n) is 4.56. The molecule has 150 valence electrons. The summed E-state index contributed by atoms with van der Waals surface area (Å²) in [6.07, 6.45) is 0.296. The van der Waals surface area contributed by atoms with Crippen LogP contribution >= 0.6 is 11.8 Å². The second kappa shape index (κ2) is 7.75. The fraction of sp³-hybridized carbons (Fsp3) is 0.688. The zero-order valence-corrected chi connectivity index (χ0v) is 16.0. The number of amides is 3. The van der Waals surface area contributed by atoms with E-state index in [0.717, 1.165) is 0 Å². The zero-order valence-electron chi connectivity index (χ0n) is 15.2. The Kier molecular flexibility index (Phi) is 6.03. The van der Waals surface area contributed by atoms with Crippen LogP contribution in [0.1, 0.15) is 40.0 Å². The third-order valence-corrected chi connectivity index (χ3v) is 6.14. The smallest absolute Gasteiger partial charge is 0.327 e. The standard InChI is InChI=1S/C16H23N3O7S/c1-7(20)17-8(14(23)24)5-4-6-9(21)18-10-12(22)19-11(15(25)26)16(2,3)27-13(10)19/h8,10-11,13H,4-6H2,1-3H3,(H,17,20)(H,18,21)(H,23,24)(H,25,26)/t8-,10+,11-,13+/m0/s1. The number of rotatable bonds is 8. The first-order chi connectivity index (χ1) is 12.5. The Hall–Kier alpha value is -2.30. The van der Waals surface area contributed by atoms with Crippen molar-refractivity contribution < 1.29 is 34.2 Å². The van der Waals surface area contributed by atoms with Crippen molar-refractivity contribution in [2.75, 3.05) is 0 Å². The summed E-state index contributed by atoms with van der Waals surface area (Å²) in [6, 6.07) is -2.79. The van der Waals surface area contributed by atoms with Crippen LogP contribution in [0.25, 0.3) is 0 Å². The summed E-state index contributed by atoms with van der Waals surface area (Å²) in [5.74, 6) is -3.58. The minimum atomic E-state index is -1.18. The van der Waals surface area contributed by atoms with Crippen LogP contribution < -0.4 is 10.6 Å². The summed E-state index contributed by atoms with van der Waals surface area (Å²) in [7, 11) is 0. The quantitative estimate of drug-likeness (QED) is 0.393. The van der Waals surface area contributed by atoms with Gasteiger partial charge in [-0.15, -0.1) is 11.8 Å². The van der Waals surface area contributed by atoms with Gasteiger partial charge in [-0.25, -0.2) is 9.59 Å². The fourth-order valence-corrected chi connectivity index (χ4v) is 4.99. The number of nitrogens with zero attached hydrogens (tertiary/aromatic N) is 1. The molecular weight excluding hydrogens is 378 g/mol. The Morgan fingerprint density at radius 3 is 2.41 bits per heavy atom. The number of aliphatic carboxylic acids is 2. The first-order valence-electron chi connectivity index (χ1n) is 8.47. The SMILES string of the molecule is CC(=O)N[C@@H](CCCC(=O)N[C@@H]1C(=O)N2[C@@H]1SC(C)(C)[C@@H]2C(=O)O)C(=O)O. The summed E-state index contributed by atoms with van der Waals surface area (Å²) in [5, 5.41) is 22.8. The number of β-lactam (4-membered cyclic amide) rings is 1. The van der Waals surface area contributed by atoms with Crippen molar-refractivity contribution in [2.45, 2.75) is 68.3 Å². The van der Waals surface area contributed by atoms with E-state index in [2.05, 4.69) is 10.6 Å². The molecular formula is C16H23N3O7S. The molecule has 4 atom stereocenters. The molecule has 0 radical (unpaired) electrons. The van der Waals surface area contributed by atoms with Gasteiger partial charge in [-0.05, 0) is 26.7 Å².